The summed E-state index contributed by atoms with van der Waals surface area (Å²) in [7, 11) is 0. The van der Waals surface area contributed by atoms with Crippen LogP contribution in [0.5, 0.6) is 11.5 Å². The van der Waals surface area contributed by atoms with Crippen molar-refractivity contribution >= 4 is 29.1 Å². The minimum absolute atomic E-state index is 0.0912. The van der Waals surface area contributed by atoms with Crippen molar-refractivity contribution in [2.75, 3.05) is 56.3 Å². The molecule has 1 saturated heterocycles. The number of amides is 3. The van der Waals surface area contributed by atoms with E-state index in [-0.39, 0.29) is 30.4 Å². The fraction of sp³-hybridized carbons (Fsp3) is 0.382. The number of nitrogens with one attached hydrogen (secondary N) is 1. The summed E-state index contributed by atoms with van der Waals surface area (Å²) >= 11 is 0. The van der Waals surface area contributed by atoms with Gasteiger partial charge >= 0.3 is 0 Å². The molecule has 226 valence electrons. The lowest BCUT2D eigenvalue weighted by molar-refractivity contribution is -0.132. The number of carbonyl (C=O) groups is 3. The summed E-state index contributed by atoms with van der Waals surface area (Å²) in [6, 6.07) is 20.5. The van der Waals surface area contributed by atoms with Gasteiger partial charge in [-0.3, -0.25) is 14.4 Å². The van der Waals surface area contributed by atoms with E-state index in [9.17, 15) is 14.4 Å². The van der Waals surface area contributed by atoms with Crippen LogP contribution in [-0.4, -0.2) is 73.6 Å². The van der Waals surface area contributed by atoms with E-state index in [0.29, 0.717) is 67.6 Å². The van der Waals surface area contributed by atoms with Gasteiger partial charge in [-0.15, -0.1) is 0 Å². The van der Waals surface area contributed by atoms with Crippen LogP contribution in [0.3, 0.4) is 0 Å². The van der Waals surface area contributed by atoms with Crippen molar-refractivity contribution in [1.82, 2.24) is 9.80 Å². The predicted octanol–water partition coefficient (Wildman–Crippen LogP) is 5.38. The molecular formula is C34H40N4O5. The molecule has 9 nitrogen and oxygen atoms in total. The number of hydrogen-bond donors (Lipinski definition) is 1. The van der Waals surface area contributed by atoms with Crippen molar-refractivity contribution in [2.45, 2.75) is 39.5 Å². The predicted molar refractivity (Wildman–Crippen MR) is 167 cm³/mol. The van der Waals surface area contributed by atoms with E-state index >= 15 is 0 Å². The summed E-state index contributed by atoms with van der Waals surface area (Å²) in [5, 5.41) is 2.94. The molecule has 0 spiro atoms. The second kappa shape index (κ2) is 13.6. The van der Waals surface area contributed by atoms with Gasteiger partial charge in [0.05, 0.1) is 11.5 Å². The molecule has 1 atom stereocenters. The smallest absolute Gasteiger partial charge is 0.256 e. The lowest BCUT2D eigenvalue weighted by atomic mass is 9.95. The van der Waals surface area contributed by atoms with Crippen LogP contribution in [0.2, 0.25) is 0 Å². The highest BCUT2D eigenvalue weighted by Crippen LogP contribution is 2.33. The third kappa shape index (κ3) is 6.61. The van der Waals surface area contributed by atoms with Crippen molar-refractivity contribution in [3.8, 4) is 11.5 Å². The largest absolute Gasteiger partial charge is 0.454 e. The van der Waals surface area contributed by atoms with Crippen molar-refractivity contribution < 1.29 is 23.9 Å². The number of fused-ring (bicyclic) bond motifs is 1. The average molecular weight is 585 g/mol. The molecule has 3 aromatic rings. The molecular weight excluding hydrogens is 544 g/mol. The quantitative estimate of drug-likeness (QED) is 0.363. The molecule has 2 heterocycles. The topological polar surface area (TPSA) is 91.4 Å². The Kier molecular flexibility index (Phi) is 9.49. The summed E-state index contributed by atoms with van der Waals surface area (Å²) in [5.74, 6) is 0.725. The zero-order valence-electron chi connectivity index (χ0n) is 25.2. The van der Waals surface area contributed by atoms with E-state index in [1.807, 2.05) is 61.2 Å². The fourth-order valence-electron chi connectivity index (χ4n) is 5.82. The van der Waals surface area contributed by atoms with Crippen LogP contribution >= 0.6 is 0 Å². The van der Waals surface area contributed by atoms with E-state index in [1.54, 1.807) is 29.2 Å². The normalized spacial score (nSPS) is 15.0. The minimum atomic E-state index is -0.305. The van der Waals surface area contributed by atoms with Crippen LogP contribution in [0.25, 0.3) is 0 Å². The number of carbonyl (C=O) groups excluding carboxylic acids is 3. The van der Waals surface area contributed by atoms with E-state index in [0.717, 1.165) is 24.1 Å². The van der Waals surface area contributed by atoms with Crippen LogP contribution < -0.4 is 19.7 Å². The standard InChI is InChI=1S/C34H40N4O5/c1-4-27(24-11-8-7-9-12-24)33(40)38-18-10-17-37(19-20-38)29-15-14-26(22-28(29)34(41)36(5-2)6-3)35-32(39)25-13-16-30-31(21-25)43-23-42-30/h7-9,11-16,21-22,27H,4-6,10,17-20,23H2,1-3H3,(H,35,39)/t27-/m1/s1. The van der Waals surface area contributed by atoms with E-state index in [1.165, 1.54) is 0 Å². The lowest BCUT2D eigenvalue weighted by Gasteiger charge is -2.29. The van der Waals surface area contributed by atoms with Gasteiger partial charge in [-0.25, -0.2) is 0 Å². The Hall–Kier alpha value is -4.53. The highest BCUT2D eigenvalue weighted by Gasteiger charge is 2.28. The number of rotatable bonds is 9. The maximum absolute atomic E-state index is 13.7. The zero-order chi connectivity index (χ0) is 30.3. The summed E-state index contributed by atoms with van der Waals surface area (Å²) in [5.41, 5.74) is 3.34. The minimum Gasteiger partial charge on any atom is -0.454 e. The van der Waals surface area contributed by atoms with Crippen LogP contribution in [0, 0.1) is 0 Å². The molecule has 0 unspecified atom stereocenters. The fourth-order valence-corrected chi connectivity index (χ4v) is 5.82. The average Bonchev–Trinajstić information content (AvgIpc) is 3.37. The summed E-state index contributed by atoms with van der Waals surface area (Å²) < 4.78 is 10.8. The Morgan fingerprint density at radius 1 is 0.860 bits per heavy atom. The Bertz CT molecular complexity index is 1460. The molecule has 1 N–H and O–H groups in total. The number of hydrogen-bond acceptors (Lipinski definition) is 6. The van der Waals surface area contributed by atoms with Gasteiger partial charge in [-0.1, -0.05) is 37.3 Å². The van der Waals surface area contributed by atoms with Crippen LogP contribution in [0.4, 0.5) is 11.4 Å². The molecule has 5 rings (SSSR count). The van der Waals surface area contributed by atoms with Gasteiger partial charge in [0, 0.05) is 56.2 Å². The molecule has 3 aromatic carbocycles. The van der Waals surface area contributed by atoms with E-state index < -0.39 is 0 Å². The summed E-state index contributed by atoms with van der Waals surface area (Å²) in [6.07, 6.45) is 1.53. The molecule has 9 heteroatoms. The van der Waals surface area contributed by atoms with E-state index in [4.69, 9.17) is 9.47 Å². The third-order valence-corrected chi connectivity index (χ3v) is 8.23. The molecule has 0 aliphatic carbocycles. The van der Waals surface area contributed by atoms with Crippen LogP contribution in [0.15, 0.2) is 66.7 Å². The maximum atomic E-state index is 13.7. The van der Waals surface area contributed by atoms with Gasteiger partial charge in [-0.05, 0) is 68.7 Å². The van der Waals surface area contributed by atoms with Crippen molar-refractivity contribution in [3.05, 3.63) is 83.4 Å². The molecule has 0 aromatic heterocycles. The molecule has 2 aliphatic heterocycles. The number of nitrogens with zero attached hydrogens (tertiary/aromatic N) is 3. The van der Waals surface area contributed by atoms with Crippen molar-refractivity contribution in [3.63, 3.8) is 0 Å². The molecule has 2 aliphatic rings. The molecule has 3 amide bonds. The lowest BCUT2D eigenvalue weighted by Crippen LogP contribution is -2.38. The summed E-state index contributed by atoms with van der Waals surface area (Å²) in [4.78, 5) is 46.4. The molecule has 0 radical (unpaired) electrons. The van der Waals surface area contributed by atoms with E-state index in [2.05, 4.69) is 17.1 Å². The van der Waals surface area contributed by atoms with Gasteiger partial charge in [0.2, 0.25) is 12.7 Å². The first-order valence-electron chi connectivity index (χ1n) is 15.2. The van der Waals surface area contributed by atoms with Gasteiger partial charge in [0.25, 0.3) is 11.8 Å². The zero-order valence-corrected chi connectivity index (χ0v) is 25.2. The van der Waals surface area contributed by atoms with Crippen LogP contribution in [0.1, 0.15) is 65.8 Å². The monoisotopic (exact) mass is 584 g/mol. The van der Waals surface area contributed by atoms with Gasteiger partial charge in [0.1, 0.15) is 0 Å². The highest BCUT2D eigenvalue weighted by molar-refractivity contribution is 6.06. The highest BCUT2D eigenvalue weighted by atomic mass is 16.7. The van der Waals surface area contributed by atoms with Gasteiger partial charge in [0.15, 0.2) is 11.5 Å². The Morgan fingerprint density at radius 2 is 1.63 bits per heavy atom. The first kappa shape index (κ1) is 29.9. The third-order valence-electron chi connectivity index (χ3n) is 8.23. The maximum Gasteiger partial charge on any atom is 0.256 e. The summed E-state index contributed by atoms with van der Waals surface area (Å²) in [6.45, 7) is 9.81. The molecule has 1 fully saturated rings. The molecule has 0 bridgehead atoms. The Labute approximate surface area is 253 Å². The van der Waals surface area contributed by atoms with Gasteiger partial charge < -0.3 is 29.5 Å². The first-order valence-corrected chi connectivity index (χ1v) is 15.2. The molecule has 0 saturated carbocycles. The van der Waals surface area contributed by atoms with Crippen molar-refractivity contribution in [1.29, 1.82) is 0 Å². The SMILES string of the molecule is CC[C@@H](C(=O)N1CCCN(c2ccc(NC(=O)c3ccc4c(c3)OCO4)cc2C(=O)N(CC)CC)CC1)c1ccccc1. The Balaban J connectivity index is 1.36. The molecule has 43 heavy (non-hydrogen) atoms. The Morgan fingerprint density at radius 3 is 2.37 bits per heavy atom. The van der Waals surface area contributed by atoms with Crippen LogP contribution in [-0.2, 0) is 4.79 Å². The number of ether oxygens (including phenoxy) is 2. The number of benzene rings is 3. The number of anilines is 2. The first-order chi connectivity index (χ1) is 20.9. The van der Waals surface area contributed by atoms with Crippen molar-refractivity contribution in [2.24, 2.45) is 0 Å². The second-order valence-electron chi connectivity index (χ2n) is 10.8. The second-order valence-corrected chi connectivity index (χ2v) is 10.8. The van der Waals surface area contributed by atoms with Gasteiger partial charge in [-0.2, -0.15) is 0 Å².